The zero-order valence-electron chi connectivity index (χ0n) is 15.6. The van der Waals surface area contributed by atoms with Crippen LogP contribution in [0, 0.1) is 24.6 Å². The fraction of sp³-hybridized carbons (Fsp3) is 0.550. The van der Waals surface area contributed by atoms with E-state index in [1.54, 1.807) is 22.9 Å². The number of urea groups is 1. The number of benzene rings is 1. The lowest BCUT2D eigenvalue weighted by Crippen LogP contribution is -2.32. The van der Waals surface area contributed by atoms with Crippen molar-refractivity contribution in [2.45, 2.75) is 58.0 Å². The Hall–Kier alpha value is -2.44. The van der Waals surface area contributed by atoms with Crippen LogP contribution in [-0.4, -0.2) is 27.1 Å². The third-order valence-electron chi connectivity index (χ3n) is 5.90. The van der Waals surface area contributed by atoms with Crippen LogP contribution >= 0.6 is 0 Å². The van der Waals surface area contributed by atoms with Crippen molar-refractivity contribution in [2.75, 3.05) is 5.32 Å². The van der Waals surface area contributed by atoms with Crippen molar-refractivity contribution in [2.24, 2.45) is 11.8 Å². The van der Waals surface area contributed by atoms with Crippen LogP contribution in [0.3, 0.4) is 0 Å². The largest absolute Gasteiger partial charge is 0.335 e. The maximum Gasteiger partial charge on any atom is 0.320 e. The molecule has 2 aromatic rings. The number of anilines is 1. The Labute approximate surface area is 158 Å². The van der Waals surface area contributed by atoms with Crippen LogP contribution < -0.4 is 10.6 Å². The molecule has 2 N–H and O–H groups in total. The molecule has 0 radical (unpaired) electrons. The van der Waals surface area contributed by atoms with Crippen LogP contribution in [0.4, 0.5) is 15.0 Å². The van der Waals surface area contributed by atoms with Crippen molar-refractivity contribution >= 4 is 11.8 Å². The lowest BCUT2D eigenvalue weighted by Gasteiger charge is -2.21. The lowest BCUT2D eigenvalue weighted by molar-refractivity contribution is 0.249. The molecule has 0 saturated heterocycles. The Kier molecular flexibility index (Phi) is 5.09. The van der Waals surface area contributed by atoms with E-state index in [9.17, 15) is 9.18 Å². The van der Waals surface area contributed by atoms with Crippen LogP contribution in [0.5, 0.6) is 0 Å². The monoisotopic (exact) mass is 371 g/mol. The summed E-state index contributed by atoms with van der Waals surface area (Å²) in [6, 6.07) is 6.63. The Balaban J connectivity index is 1.31. The Morgan fingerprint density at radius 3 is 2.81 bits per heavy atom. The molecule has 1 aromatic heterocycles. The molecule has 2 saturated carbocycles. The summed E-state index contributed by atoms with van der Waals surface area (Å²) in [4.78, 5) is 12.3. The van der Waals surface area contributed by atoms with Gasteiger partial charge in [0, 0.05) is 11.6 Å². The lowest BCUT2D eigenvalue weighted by atomic mass is 9.85. The summed E-state index contributed by atoms with van der Waals surface area (Å²) >= 11 is 0. The van der Waals surface area contributed by atoms with Gasteiger partial charge in [-0.05, 0) is 31.2 Å². The molecule has 2 fully saturated rings. The van der Waals surface area contributed by atoms with Crippen molar-refractivity contribution < 1.29 is 9.18 Å². The fourth-order valence-electron chi connectivity index (χ4n) is 4.19. The van der Waals surface area contributed by atoms with Gasteiger partial charge in [0.05, 0.1) is 12.2 Å². The van der Waals surface area contributed by atoms with Crippen molar-refractivity contribution in [3.05, 3.63) is 41.3 Å². The second kappa shape index (κ2) is 7.66. The summed E-state index contributed by atoms with van der Waals surface area (Å²) in [7, 11) is 0. The summed E-state index contributed by atoms with van der Waals surface area (Å²) in [5.74, 6) is 1.54. The number of carbonyl (C=O) groups is 1. The third-order valence-corrected chi connectivity index (χ3v) is 5.90. The molecular formula is C20H26FN5O. The van der Waals surface area contributed by atoms with E-state index >= 15 is 0 Å². The molecule has 4 rings (SSSR count). The third kappa shape index (κ3) is 4.12. The molecular weight excluding hydrogens is 345 g/mol. The number of aromatic nitrogens is 3. The highest BCUT2D eigenvalue weighted by molar-refractivity contribution is 5.89. The molecule has 0 unspecified atom stereocenters. The molecule has 0 spiro atoms. The smallest absolute Gasteiger partial charge is 0.320 e. The van der Waals surface area contributed by atoms with Gasteiger partial charge in [-0.2, -0.15) is 0 Å². The van der Waals surface area contributed by atoms with E-state index in [0.717, 1.165) is 12.3 Å². The van der Waals surface area contributed by atoms with Crippen LogP contribution in [0.15, 0.2) is 24.3 Å². The number of rotatable bonds is 5. The first-order valence-electron chi connectivity index (χ1n) is 9.83. The van der Waals surface area contributed by atoms with Gasteiger partial charge in [0.2, 0.25) is 0 Å². The van der Waals surface area contributed by atoms with E-state index in [0.29, 0.717) is 23.0 Å². The zero-order chi connectivity index (χ0) is 18.8. The maximum absolute atomic E-state index is 13.8. The molecule has 2 amide bonds. The van der Waals surface area contributed by atoms with Crippen LogP contribution in [0.1, 0.15) is 49.8 Å². The van der Waals surface area contributed by atoms with Crippen molar-refractivity contribution in [3.63, 3.8) is 0 Å². The average Bonchev–Trinajstić information content (AvgIpc) is 3.36. The topological polar surface area (TPSA) is 71.8 Å². The van der Waals surface area contributed by atoms with Gasteiger partial charge in [0.25, 0.3) is 0 Å². The van der Waals surface area contributed by atoms with E-state index < -0.39 is 0 Å². The minimum atomic E-state index is -0.276. The van der Waals surface area contributed by atoms with E-state index in [1.165, 1.54) is 38.2 Å². The average molecular weight is 371 g/mol. The number of nitrogens with one attached hydrogen (secondary N) is 2. The molecule has 0 bridgehead atoms. The summed E-state index contributed by atoms with van der Waals surface area (Å²) in [6.45, 7) is 2.10. The molecule has 1 heterocycles. The first-order valence-corrected chi connectivity index (χ1v) is 9.83. The maximum atomic E-state index is 13.8. The molecule has 1 aromatic carbocycles. The predicted octanol–water partition coefficient (Wildman–Crippen LogP) is 3.86. The fourth-order valence-corrected chi connectivity index (χ4v) is 4.19. The minimum absolute atomic E-state index is 0.237. The highest BCUT2D eigenvalue weighted by atomic mass is 19.1. The first-order chi connectivity index (χ1) is 13.1. The van der Waals surface area contributed by atoms with Crippen molar-refractivity contribution in [1.82, 2.24) is 20.3 Å². The van der Waals surface area contributed by atoms with Crippen molar-refractivity contribution in [1.29, 1.82) is 0 Å². The highest BCUT2D eigenvalue weighted by Crippen LogP contribution is 2.44. The number of hydrogen-bond donors (Lipinski definition) is 2. The highest BCUT2D eigenvalue weighted by Gasteiger charge is 2.43. The molecule has 7 heteroatoms. The molecule has 27 heavy (non-hydrogen) atoms. The normalized spacial score (nSPS) is 22.4. The minimum Gasteiger partial charge on any atom is -0.335 e. The van der Waals surface area contributed by atoms with E-state index in [4.69, 9.17) is 0 Å². The second-order valence-corrected chi connectivity index (χ2v) is 7.78. The Bertz CT molecular complexity index is 814. The Morgan fingerprint density at radius 2 is 2.04 bits per heavy atom. The number of amides is 2. The number of carbonyl (C=O) groups excluding carboxylic acids is 1. The second-order valence-electron chi connectivity index (χ2n) is 7.78. The summed E-state index contributed by atoms with van der Waals surface area (Å²) < 4.78 is 15.4. The number of hydrogen-bond acceptors (Lipinski definition) is 3. The molecule has 144 valence electrons. The summed E-state index contributed by atoms with van der Waals surface area (Å²) in [6.07, 6.45) is 7.68. The van der Waals surface area contributed by atoms with Gasteiger partial charge in [-0.3, -0.25) is 5.32 Å². The predicted molar refractivity (Wildman–Crippen MR) is 101 cm³/mol. The van der Waals surface area contributed by atoms with Crippen LogP contribution in [0.25, 0.3) is 0 Å². The summed E-state index contributed by atoms with van der Waals surface area (Å²) in [5, 5.41) is 13.9. The number of nitrogens with zero attached hydrogens (tertiary/aromatic N) is 3. The molecule has 2 aliphatic carbocycles. The zero-order valence-corrected chi connectivity index (χ0v) is 15.6. The first kappa shape index (κ1) is 17.9. The number of halogens is 1. The van der Waals surface area contributed by atoms with E-state index in [2.05, 4.69) is 20.9 Å². The molecule has 0 aliphatic heterocycles. The van der Waals surface area contributed by atoms with Gasteiger partial charge >= 0.3 is 6.03 Å². The van der Waals surface area contributed by atoms with Gasteiger partial charge in [-0.1, -0.05) is 55.5 Å². The van der Waals surface area contributed by atoms with E-state index in [-0.39, 0.29) is 24.4 Å². The van der Waals surface area contributed by atoms with E-state index in [1.807, 2.05) is 6.92 Å². The van der Waals surface area contributed by atoms with Crippen LogP contribution in [-0.2, 0) is 6.54 Å². The Morgan fingerprint density at radius 1 is 1.26 bits per heavy atom. The van der Waals surface area contributed by atoms with Crippen LogP contribution in [0.2, 0.25) is 0 Å². The summed E-state index contributed by atoms with van der Waals surface area (Å²) in [5.41, 5.74) is 1.24. The molecule has 6 nitrogen and oxygen atoms in total. The van der Waals surface area contributed by atoms with Gasteiger partial charge in [-0.15, -0.1) is 5.10 Å². The van der Waals surface area contributed by atoms with Gasteiger partial charge in [0.15, 0.2) is 5.82 Å². The molecule has 2 aliphatic rings. The van der Waals surface area contributed by atoms with Crippen molar-refractivity contribution in [3.8, 4) is 0 Å². The standard InChI is InChI=1S/C20H26FN5O/c1-13-19(24-25-26(13)12-15-9-5-6-10-17(15)21)23-20(27)22-18-11-16(18)14-7-3-2-4-8-14/h5-6,9-10,14,16,18H,2-4,7-8,11-12H2,1H3,(H2,22,23,27)/t16-,18+/m0/s1. The quantitative estimate of drug-likeness (QED) is 0.838. The van der Waals surface area contributed by atoms with Gasteiger partial charge < -0.3 is 5.32 Å². The van der Waals surface area contributed by atoms with Gasteiger partial charge in [0.1, 0.15) is 5.82 Å². The molecule has 2 atom stereocenters. The van der Waals surface area contributed by atoms with Gasteiger partial charge in [-0.25, -0.2) is 13.9 Å². The SMILES string of the molecule is Cc1c(NC(=O)N[C@@H]2C[C@H]2C2CCCCC2)nnn1Cc1ccccc1F.